The quantitative estimate of drug-likeness (QED) is 0.783. The van der Waals surface area contributed by atoms with Crippen LogP contribution in [0.25, 0.3) is 0 Å². The van der Waals surface area contributed by atoms with Crippen LogP contribution < -0.4 is 10.6 Å². The van der Waals surface area contributed by atoms with Gasteiger partial charge in [0.15, 0.2) is 0 Å². The number of fused-ring (bicyclic) bond motifs is 10. The highest BCUT2D eigenvalue weighted by Crippen LogP contribution is 2.62. The van der Waals surface area contributed by atoms with Gasteiger partial charge in [0.2, 0.25) is 0 Å². The number of carbonyl (C=O) groups is 1. The first-order chi connectivity index (χ1) is 11.7. The first kappa shape index (κ1) is 14.4. The van der Waals surface area contributed by atoms with E-state index in [1.807, 2.05) is 0 Å². The zero-order valence-electron chi connectivity index (χ0n) is 14.9. The third-order valence-corrected chi connectivity index (χ3v) is 9.77. The van der Waals surface area contributed by atoms with Crippen LogP contribution in [0.3, 0.4) is 0 Å². The molecule has 0 aliphatic heterocycles. The highest BCUT2D eigenvalue weighted by Gasteiger charge is 2.63. The lowest BCUT2D eigenvalue weighted by molar-refractivity contribution is 0.131. The van der Waals surface area contributed by atoms with Crippen molar-refractivity contribution in [3.63, 3.8) is 0 Å². The van der Waals surface area contributed by atoms with Crippen molar-refractivity contribution in [2.75, 3.05) is 0 Å². The molecule has 0 aromatic rings. The summed E-state index contributed by atoms with van der Waals surface area (Å²) < 4.78 is 0. The highest BCUT2D eigenvalue weighted by atomic mass is 16.2. The lowest BCUT2D eigenvalue weighted by atomic mass is 9.74. The Balaban J connectivity index is 1.23. The number of nitrogens with one attached hydrogen (secondary N) is 2. The molecule has 24 heavy (non-hydrogen) atoms. The van der Waals surface area contributed by atoms with Gasteiger partial charge in [0.05, 0.1) is 0 Å². The summed E-state index contributed by atoms with van der Waals surface area (Å²) in [5, 5.41) is 7.26. The fraction of sp³-hybridized carbons (Fsp3) is 0.952. The van der Waals surface area contributed by atoms with Crippen molar-refractivity contribution in [2.24, 2.45) is 35.5 Å². The molecule has 2 amide bonds. The van der Waals surface area contributed by atoms with E-state index in [2.05, 4.69) is 10.6 Å². The van der Waals surface area contributed by atoms with Gasteiger partial charge in [-0.1, -0.05) is 12.8 Å². The SMILES string of the molecule is O=C(N[C@]12CCC[C@H]1[C@@H]1CC[C@@H]2C1)N[C@@]12CCC[C@@H]1[C@H]1CC[C@H]2C1. The molecule has 6 aliphatic carbocycles. The Labute approximate surface area is 145 Å². The van der Waals surface area contributed by atoms with E-state index >= 15 is 0 Å². The Morgan fingerprint density at radius 3 is 1.71 bits per heavy atom. The summed E-state index contributed by atoms with van der Waals surface area (Å²) in [6.45, 7) is 0. The second-order valence-corrected chi connectivity index (χ2v) is 10.2. The van der Waals surface area contributed by atoms with Crippen molar-refractivity contribution in [3.8, 4) is 0 Å². The number of urea groups is 1. The fourth-order valence-electron chi connectivity index (χ4n) is 9.11. The molecule has 6 fully saturated rings. The predicted molar refractivity (Wildman–Crippen MR) is 93.5 cm³/mol. The van der Waals surface area contributed by atoms with Gasteiger partial charge in [-0.2, -0.15) is 0 Å². The van der Waals surface area contributed by atoms with Gasteiger partial charge in [0, 0.05) is 11.1 Å². The topological polar surface area (TPSA) is 41.1 Å². The van der Waals surface area contributed by atoms with Gasteiger partial charge in [0.25, 0.3) is 0 Å². The molecule has 132 valence electrons. The molecule has 0 unspecified atom stereocenters. The third-order valence-electron chi connectivity index (χ3n) is 9.77. The molecule has 0 aromatic heterocycles. The molecule has 0 saturated heterocycles. The molecule has 6 aliphatic rings. The van der Waals surface area contributed by atoms with Gasteiger partial charge in [-0.25, -0.2) is 4.79 Å². The van der Waals surface area contributed by atoms with Crippen LogP contribution in [0.1, 0.15) is 77.0 Å². The van der Waals surface area contributed by atoms with Crippen LogP contribution in [0.2, 0.25) is 0 Å². The third kappa shape index (κ3) is 1.63. The molecule has 6 saturated carbocycles. The number of hydrogen-bond donors (Lipinski definition) is 2. The average Bonchev–Trinajstić information content (AvgIpc) is 3.34. The summed E-state index contributed by atoms with van der Waals surface area (Å²) in [7, 11) is 0. The fourth-order valence-corrected chi connectivity index (χ4v) is 9.11. The molecule has 0 spiro atoms. The molecule has 0 heterocycles. The summed E-state index contributed by atoms with van der Waals surface area (Å²) in [6, 6.07) is 0.203. The maximum atomic E-state index is 13.2. The van der Waals surface area contributed by atoms with E-state index < -0.39 is 0 Å². The molecule has 0 aromatic carbocycles. The lowest BCUT2D eigenvalue weighted by Crippen LogP contribution is -2.63. The maximum absolute atomic E-state index is 13.2. The number of hydrogen-bond acceptors (Lipinski definition) is 1. The monoisotopic (exact) mass is 328 g/mol. The van der Waals surface area contributed by atoms with Gasteiger partial charge in [-0.15, -0.1) is 0 Å². The molecule has 3 heteroatoms. The van der Waals surface area contributed by atoms with Gasteiger partial charge in [-0.3, -0.25) is 0 Å². The number of rotatable bonds is 2. The van der Waals surface area contributed by atoms with Crippen LogP contribution in [0.5, 0.6) is 0 Å². The minimum atomic E-state index is 0.176. The largest absolute Gasteiger partial charge is 0.332 e. The van der Waals surface area contributed by atoms with E-state index in [4.69, 9.17) is 0 Å². The normalized spacial score (nSPS) is 56.5. The van der Waals surface area contributed by atoms with Crippen LogP contribution in [-0.2, 0) is 0 Å². The van der Waals surface area contributed by atoms with Gasteiger partial charge >= 0.3 is 6.03 Å². The zero-order valence-corrected chi connectivity index (χ0v) is 14.9. The Hall–Kier alpha value is -0.730. The van der Waals surface area contributed by atoms with Crippen LogP contribution in [0, 0.1) is 35.5 Å². The molecule has 8 atom stereocenters. The summed E-state index contributed by atoms with van der Waals surface area (Å²) in [6.07, 6.45) is 16.2. The second-order valence-electron chi connectivity index (χ2n) is 10.2. The summed E-state index contributed by atoms with van der Waals surface area (Å²) in [4.78, 5) is 13.2. The van der Waals surface area contributed by atoms with E-state index in [0.29, 0.717) is 0 Å². The van der Waals surface area contributed by atoms with Crippen molar-refractivity contribution in [2.45, 2.75) is 88.1 Å². The average molecular weight is 329 g/mol. The molecular weight excluding hydrogens is 296 g/mol. The van der Waals surface area contributed by atoms with Crippen molar-refractivity contribution < 1.29 is 4.79 Å². The van der Waals surface area contributed by atoms with Crippen molar-refractivity contribution in [1.29, 1.82) is 0 Å². The Bertz CT molecular complexity index is 528. The van der Waals surface area contributed by atoms with Gasteiger partial charge in [-0.05, 0) is 99.7 Å². The van der Waals surface area contributed by atoms with Gasteiger partial charge in [0.1, 0.15) is 0 Å². The summed E-state index contributed by atoms with van der Waals surface area (Å²) in [5.74, 6) is 4.96. The van der Waals surface area contributed by atoms with Crippen molar-refractivity contribution >= 4 is 6.03 Å². The molecule has 0 radical (unpaired) electrons. The smallest absolute Gasteiger partial charge is 0.315 e. The Morgan fingerprint density at radius 2 is 1.21 bits per heavy atom. The minimum absolute atomic E-state index is 0.176. The first-order valence-electron chi connectivity index (χ1n) is 10.8. The number of amides is 2. The molecule has 3 nitrogen and oxygen atoms in total. The maximum Gasteiger partial charge on any atom is 0.315 e. The van der Waals surface area contributed by atoms with Gasteiger partial charge < -0.3 is 10.6 Å². The van der Waals surface area contributed by atoms with E-state index in [1.54, 1.807) is 0 Å². The van der Waals surface area contributed by atoms with E-state index in [0.717, 1.165) is 35.5 Å². The van der Waals surface area contributed by atoms with Crippen LogP contribution in [0.15, 0.2) is 0 Å². The Kier molecular flexibility index (Phi) is 2.83. The van der Waals surface area contributed by atoms with E-state index in [9.17, 15) is 4.79 Å². The van der Waals surface area contributed by atoms with E-state index in [-0.39, 0.29) is 17.1 Å². The van der Waals surface area contributed by atoms with Crippen LogP contribution in [0.4, 0.5) is 4.79 Å². The molecule has 2 N–H and O–H groups in total. The minimum Gasteiger partial charge on any atom is -0.332 e. The molecule has 6 rings (SSSR count). The summed E-state index contributed by atoms with van der Waals surface area (Å²) >= 11 is 0. The number of carbonyl (C=O) groups excluding carboxylic acids is 1. The Morgan fingerprint density at radius 1 is 0.708 bits per heavy atom. The first-order valence-corrected chi connectivity index (χ1v) is 10.8. The lowest BCUT2D eigenvalue weighted by Gasteiger charge is -2.44. The highest BCUT2D eigenvalue weighted by molar-refractivity contribution is 5.76. The summed E-state index contributed by atoms with van der Waals surface area (Å²) in [5.41, 5.74) is 0.352. The second kappa shape index (κ2) is 4.71. The standard InChI is InChI=1S/C21H32N2O/c24-19(22-20-9-1-3-17(20)13-5-7-15(20)11-13)23-21-10-2-4-18(21)14-6-8-16(21)12-14/h13-18H,1-12H2,(H2,22,23,24)/t13-,14+,15-,16+,17+,18-,20+,21-. The van der Waals surface area contributed by atoms with Crippen LogP contribution in [-0.4, -0.2) is 17.1 Å². The molecular formula is C21H32N2O. The van der Waals surface area contributed by atoms with Crippen molar-refractivity contribution in [1.82, 2.24) is 10.6 Å². The van der Waals surface area contributed by atoms with E-state index in [1.165, 1.54) is 77.0 Å². The molecule has 4 bridgehead atoms. The predicted octanol–water partition coefficient (Wildman–Crippen LogP) is 4.22. The van der Waals surface area contributed by atoms with Crippen LogP contribution >= 0.6 is 0 Å². The van der Waals surface area contributed by atoms with Crippen molar-refractivity contribution in [3.05, 3.63) is 0 Å². The zero-order chi connectivity index (χ0) is 15.9.